The number of ether oxygens (including phenoxy) is 3. The van der Waals surface area contributed by atoms with Gasteiger partial charge in [0.25, 0.3) is 0 Å². The number of halogens is 2. The van der Waals surface area contributed by atoms with Gasteiger partial charge in [0.05, 0.1) is 11.1 Å². The van der Waals surface area contributed by atoms with Gasteiger partial charge in [-0.05, 0) is 24.3 Å². The van der Waals surface area contributed by atoms with Crippen molar-refractivity contribution >= 4 is 17.9 Å². The van der Waals surface area contributed by atoms with Crippen molar-refractivity contribution in [2.45, 2.75) is 5.92 Å². The highest BCUT2D eigenvalue weighted by molar-refractivity contribution is 5.93. The van der Waals surface area contributed by atoms with Crippen LogP contribution in [-0.4, -0.2) is 44.3 Å². The van der Waals surface area contributed by atoms with Crippen LogP contribution in [0.5, 0.6) is 0 Å². The zero-order valence-corrected chi connectivity index (χ0v) is 11.3. The molecule has 0 atom stereocenters. The third-order valence-electron chi connectivity index (χ3n) is 2.35. The number of benzene rings is 1. The monoisotopic (exact) mass is 317 g/mol. The third-order valence-corrected chi connectivity index (χ3v) is 2.35. The van der Waals surface area contributed by atoms with E-state index in [2.05, 4.69) is 14.2 Å². The van der Waals surface area contributed by atoms with Crippen molar-refractivity contribution < 1.29 is 42.5 Å². The van der Waals surface area contributed by atoms with E-state index >= 15 is 0 Å². The quantitative estimate of drug-likeness (QED) is 0.515. The average molecular weight is 317 g/mol. The predicted octanol–water partition coefficient (Wildman–Crippen LogP) is -0.0107. The minimum Gasteiger partial charge on any atom is -0.544 e. The number of carboxylic acids is 1. The number of carbonyl (C=O) groups is 3. The lowest BCUT2D eigenvalue weighted by atomic mass is 10.1. The number of rotatable bonds is 7. The largest absolute Gasteiger partial charge is 0.544 e. The van der Waals surface area contributed by atoms with Gasteiger partial charge in [0.1, 0.15) is 5.97 Å². The lowest BCUT2D eigenvalue weighted by Gasteiger charge is -2.16. The van der Waals surface area contributed by atoms with E-state index in [1.54, 1.807) is 0 Å². The molecule has 0 amide bonds. The van der Waals surface area contributed by atoms with Crippen LogP contribution in [0.2, 0.25) is 0 Å². The predicted molar refractivity (Wildman–Crippen MR) is 64.0 cm³/mol. The minimum atomic E-state index is -4.28. The van der Waals surface area contributed by atoms with Gasteiger partial charge in [0.2, 0.25) is 0 Å². The van der Waals surface area contributed by atoms with Crippen LogP contribution in [0, 0.1) is 0 Å². The lowest BCUT2D eigenvalue weighted by molar-refractivity contribution is -0.331. The van der Waals surface area contributed by atoms with Crippen molar-refractivity contribution in [2.24, 2.45) is 0 Å². The SMILES string of the molecule is COCOC(=O)c1ccc(C(=O)OCC(F)(F)C(=O)[O-])cc1. The molecule has 1 aromatic carbocycles. The molecule has 0 aliphatic carbocycles. The second kappa shape index (κ2) is 7.46. The molecule has 0 radical (unpaired) electrons. The Bertz CT molecular complexity index is 554. The molecule has 1 aromatic rings. The van der Waals surface area contributed by atoms with Gasteiger partial charge < -0.3 is 24.1 Å². The van der Waals surface area contributed by atoms with Crippen molar-refractivity contribution in [2.75, 3.05) is 20.5 Å². The molecular formula is C13H11F2O7-. The number of alkyl halides is 2. The topological polar surface area (TPSA) is 102 Å². The first-order valence-electron chi connectivity index (χ1n) is 5.80. The normalized spacial score (nSPS) is 10.9. The van der Waals surface area contributed by atoms with E-state index in [0.717, 1.165) is 12.1 Å². The van der Waals surface area contributed by atoms with E-state index in [1.165, 1.54) is 19.2 Å². The zero-order chi connectivity index (χ0) is 16.8. The number of hydrogen-bond donors (Lipinski definition) is 0. The first-order chi connectivity index (χ1) is 10.3. The first-order valence-corrected chi connectivity index (χ1v) is 5.80. The van der Waals surface area contributed by atoms with Crippen molar-refractivity contribution in [3.63, 3.8) is 0 Å². The summed E-state index contributed by atoms with van der Waals surface area (Å²) in [6, 6.07) is 4.71. The summed E-state index contributed by atoms with van der Waals surface area (Å²) in [5, 5.41) is 10.1. The Morgan fingerprint density at radius 3 is 1.91 bits per heavy atom. The fourth-order valence-corrected chi connectivity index (χ4v) is 1.24. The highest BCUT2D eigenvalue weighted by Crippen LogP contribution is 2.14. The second-order valence-corrected chi connectivity index (χ2v) is 3.98. The Kier molecular flexibility index (Phi) is 5.93. The van der Waals surface area contributed by atoms with Crippen molar-refractivity contribution in [1.29, 1.82) is 0 Å². The van der Waals surface area contributed by atoms with Crippen molar-refractivity contribution in [1.82, 2.24) is 0 Å². The molecule has 0 N–H and O–H groups in total. The van der Waals surface area contributed by atoms with Crippen LogP contribution in [0.1, 0.15) is 20.7 Å². The molecule has 0 heterocycles. The van der Waals surface area contributed by atoms with Gasteiger partial charge in [-0.25, -0.2) is 9.59 Å². The maximum Gasteiger partial charge on any atom is 0.340 e. The highest BCUT2D eigenvalue weighted by Gasteiger charge is 2.33. The van der Waals surface area contributed by atoms with E-state index in [-0.39, 0.29) is 17.9 Å². The van der Waals surface area contributed by atoms with Gasteiger partial charge in [-0.15, -0.1) is 0 Å². The van der Waals surface area contributed by atoms with E-state index in [0.29, 0.717) is 0 Å². The molecule has 1 rings (SSSR count). The van der Waals surface area contributed by atoms with Crippen LogP contribution in [0.15, 0.2) is 24.3 Å². The molecular weight excluding hydrogens is 306 g/mol. The minimum absolute atomic E-state index is 0.105. The van der Waals surface area contributed by atoms with Crippen LogP contribution in [0.3, 0.4) is 0 Å². The number of esters is 2. The molecule has 0 bridgehead atoms. The number of carbonyl (C=O) groups excluding carboxylic acids is 3. The Morgan fingerprint density at radius 2 is 1.50 bits per heavy atom. The van der Waals surface area contributed by atoms with E-state index in [9.17, 15) is 28.3 Å². The molecule has 22 heavy (non-hydrogen) atoms. The van der Waals surface area contributed by atoms with Crippen molar-refractivity contribution in [3.05, 3.63) is 35.4 Å². The van der Waals surface area contributed by atoms with Crippen LogP contribution in [-0.2, 0) is 19.0 Å². The lowest BCUT2D eigenvalue weighted by Crippen LogP contribution is -2.45. The van der Waals surface area contributed by atoms with Gasteiger partial charge in [0, 0.05) is 7.11 Å². The summed E-state index contributed by atoms with van der Waals surface area (Å²) < 4.78 is 38.8. The Labute approximate surface area is 123 Å². The number of carboxylic acid groups (broad SMARTS) is 1. The highest BCUT2D eigenvalue weighted by atomic mass is 19.3. The number of aliphatic carboxylic acids is 1. The average Bonchev–Trinajstić information content (AvgIpc) is 2.50. The standard InChI is InChI=1S/C13H12F2O7/c1-20-7-22-11(17)9-4-2-8(3-5-9)10(16)21-6-13(14,15)12(18)19/h2-5H,6-7H2,1H3,(H,18,19)/p-1. The molecule has 0 aromatic heterocycles. The molecule has 0 aliphatic heterocycles. The van der Waals surface area contributed by atoms with Gasteiger partial charge in [-0.2, -0.15) is 8.78 Å². The van der Waals surface area contributed by atoms with Crippen LogP contribution in [0.4, 0.5) is 8.78 Å². The summed E-state index contributed by atoms with van der Waals surface area (Å²) in [5.41, 5.74) is -0.0360. The van der Waals surface area contributed by atoms with Gasteiger partial charge in [0.15, 0.2) is 13.4 Å². The molecule has 0 spiro atoms. The number of methoxy groups -OCH3 is 1. The molecule has 0 saturated heterocycles. The summed E-state index contributed by atoms with van der Waals surface area (Å²) in [7, 11) is 1.33. The summed E-state index contributed by atoms with van der Waals surface area (Å²) in [6.07, 6.45) is 0. The van der Waals surface area contributed by atoms with E-state index in [1.807, 2.05) is 0 Å². The summed E-state index contributed by atoms with van der Waals surface area (Å²) in [6.45, 7) is -1.90. The Hall–Kier alpha value is -2.55. The fraction of sp³-hybridized carbons (Fsp3) is 0.308. The molecule has 0 saturated carbocycles. The molecule has 7 nitrogen and oxygen atoms in total. The zero-order valence-electron chi connectivity index (χ0n) is 11.3. The molecule has 9 heteroatoms. The maximum absolute atomic E-state index is 12.7. The Morgan fingerprint density at radius 1 is 1.05 bits per heavy atom. The fourth-order valence-electron chi connectivity index (χ4n) is 1.24. The molecule has 0 aliphatic rings. The van der Waals surface area contributed by atoms with Crippen LogP contribution in [0.25, 0.3) is 0 Å². The first kappa shape index (κ1) is 17.5. The van der Waals surface area contributed by atoms with E-state index in [4.69, 9.17) is 0 Å². The smallest absolute Gasteiger partial charge is 0.340 e. The number of hydrogen-bond acceptors (Lipinski definition) is 7. The maximum atomic E-state index is 12.7. The molecule has 0 fully saturated rings. The van der Waals surface area contributed by atoms with E-state index < -0.39 is 30.4 Å². The van der Waals surface area contributed by atoms with Gasteiger partial charge in [-0.1, -0.05) is 0 Å². The summed E-state index contributed by atoms with van der Waals surface area (Å²) in [4.78, 5) is 33.0. The van der Waals surface area contributed by atoms with Crippen LogP contribution >= 0.6 is 0 Å². The van der Waals surface area contributed by atoms with Gasteiger partial charge in [-0.3, -0.25) is 0 Å². The third kappa shape index (κ3) is 4.77. The Balaban J connectivity index is 2.64. The second-order valence-electron chi connectivity index (χ2n) is 3.98. The van der Waals surface area contributed by atoms with Crippen molar-refractivity contribution in [3.8, 4) is 0 Å². The van der Waals surface area contributed by atoms with Gasteiger partial charge >= 0.3 is 17.9 Å². The molecule has 0 unspecified atom stereocenters. The van der Waals surface area contributed by atoms with Crippen LogP contribution < -0.4 is 5.11 Å². The summed E-state index contributed by atoms with van der Waals surface area (Å²) in [5.74, 6) is -8.79. The summed E-state index contributed by atoms with van der Waals surface area (Å²) >= 11 is 0. The molecule has 120 valence electrons.